The van der Waals surface area contributed by atoms with Crippen LogP contribution in [-0.4, -0.2) is 55.9 Å². The van der Waals surface area contributed by atoms with Crippen molar-refractivity contribution in [2.24, 2.45) is 0 Å². The van der Waals surface area contributed by atoms with Crippen LogP contribution in [0.1, 0.15) is 115 Å². The van der Waals surface area contributed by atoms with Crippen molar-refractivity contribution in [3.8, 4) is 0 Å². The minimum absolute atomic E-state index is 0.156. The molecule has 0 aliphatic rings. The van der Waals surface area contributed by atoms with Gasteiger partial charge in [-0.3, -0.25) is 4.57 Å². The van der Waals surface area contributed by atoms with Crippen molar-refractivity contribution in [1.29, 1.82) is 0 Å². The molecule has 0 fully saturated rings. The van der Waals surface area contributed by atoms with Gasteiger partial charge in [-0.2, -0.15) is 0 Å². The zero-order chi connectivity index (χ0) is 27.2. The van der Waals surface area contributed by atoms with Crippen molar-refractivity contribution in [3.05, 3.63) is 35.9 Å². The van der Waals surface area contributed by atoms with Crippen LogP contribution >= 0.6 is 7.60 Å². The Bertz CT molecular complexity index is 692. The van der Waals surface area contributed by atoms with E-state index in [0.29, 0.717) is 13.0 Å². The number of ether oxygens (including phenoxy) is 1. The second-order valence-electron chi connectivity index (χ2n) is 11.8. The van der Waals surface area contributed by atoms with E-state index in [1.165, 1.54) is 83.5 Å². The molecule has 1 N–H and O–H groups in total. The molecule has 1 rings (SSSR count). The van der Waals surface area contributed by atoms with E-state index < -0.39 is 7.60 Å². The second kappa shape index (κ2) is 21.2. The van der Waals surface area contributed by atoms with Gasteiger partial charge < -0.3 is 18.6 Å². The van der Waals surface area contributed by atoms with Crippen LogP contribution in [-0.2, 0) is 20.4 Å². The highest BCUT2D eigenvalue weighted by Crippen LogP contribution is 2.43. The van der Waals surface area contributed by atoms with Gasteiger partial charge in [-0.05, 0) is 12.0 Å². The van der Waals surface area contributed by atoms with Gasteiger partial charge in [0.15, 0.2) is 0 Å². The summed E-state index contributed by atoms with van der Waals surface area (Å²) in [6.07, 6.45) is 20.3. The van der Waals surface area contributed by atoms with Crippen LogP contribution in [0.25, 0.3) is 0 Å². The summed E-state index contributed by atoms with van der Waals surface area (Å²) in [4.78, 5) is 10.3. The van der Waals surface area contributed by atoms with E-state index in [1.54, 1.807) is 0 Å². The molecule has 2 atom stereocenters. The first-order valence-electron chi connectivity index (χ1n) is 15.1. The van der Waals surface area contributed by atoms with Gasteiger partial charge in [0.2, 0.25) is 0 Å². The number of rotatable bonds is 25. The highest BCUT2D eigenvalue weighted by Gasteiger charge is 2.23. The molecule has 0 aromatic heterocycles. The van der Waals surface area contributed by atoms with Crippen LogP contribution in [0.4, 0.5) is 0 Å². The van der Waals surface area contributed by atoms with Gasteiger partial charge in [0.25, 0.3) is 0 Å². The van der Waals surface area contributed by atoms with E-state index in [1.807, 2.05) is 30.3 Å². The number of benzene rings is 1. The van der Waals surface area contributed by atoms with Crippen molar-refractivity contribution >= 4 is 7.60 Å². The molecule has 216 valence electrons. The molecular formula is C31H59NO4P+. The van der Waals surface area contributed by atoms with Gasteiger partial charge in [-0.15, -0.1) is 0 Å². The first kappa shape index (κ1) is 34.3. The summed E-state index contributed by atoms with van der Waals surface area (Å²) in [7, 11) is 2.68. The fourth-order valence-electron chi connectivity index (χ4n) is 4.58. The summed E-state index contributed by atoms with van der Waals surface area (Å²) in [5.74, 6) is 0. The third-order valence-electron chi connectivity index (χ3n) is 6.94. The van der Waals surface area contributed by atoms with Crippen LogP contribution in [0.5, 0.6) is 0 Å². The van der Waals surface area contributed by atoms with Gasteiger partial charge in [-0.25, -0.2) is 0 Å². The average Bonchev–Trinajstić information content (AvgIpc) is 2.85. The van der Waals surface area contributed by atoms with Crippen molar-refractivity contribution in [1.82, 2.24) is 0 Å². The zero-order valence-corrected chi connectivity index (χ0v) is 25.6. The number of unbranched alkanes of at least 4 members (excludes halogenated alkanes) is 13. The molecule has 0 spiro atoms. The Hall–Kier alpha value is -0.710. The molecule has 0 bridgehead atoms. The summed E-state index contributed by atoms with van der Waals surface area (Å²) in [6, 6.07) is 10.1. The maximum absolute atomic E-state index is 12.6. The molecular weight excluding hydrogens is 481 g/mol. The minimum Gasteiger partial charge on any atom is -0.371 e. The molecule has 37 heavy (non-hydrogen) atoms. The molecule has 0 aliphatic heterocycles. The van der Waals surface area contributed by atoms with E-state index in [2.05, 4.69) is 28.1 Å². The van der Waals surface area contributed by atoms with Crippen LogP contribution < -0.4 is 0 Å². The van der Waals surface area contributed by atoms with E-state index in [0.717, 1.165) is 29.4 Å². The van der Waals surface area contributed by atoms with Gasteiger partial charge in [-0.1, -0.05) is 127 Å². The SMILES string of the molecule is CCCCCCCCCCCCCCCCC(COP(=O)(O)CCC[N+](C)(C)C)OCc1ccccc1. The van der Waals surface area contributed by atoms with Crippen molar-refractivity contribution in [3.63, 3.8) is 0 Å². The lowest BCUT2D eigenvalue weighted by molar-refractivity contribution is -0.870. The molecule has 0 amide bonds. The maximum atomic E-state index is 12.6. The standard InChI is InChI=1S/C31H58NO4P/c1-5-6-7-8-9-10-11-12-13-14-15-16-17-21-25-31(35-28-30-23-19-18-20-24-30)29-36-37(33,34)27-22-26-32(2,3)4/h18-20,23-24,31H,5-17,21-22,25-29H2,1-4H3/p+1. The van der Waals surface area contributed by atoms with E-state index in [4.69, 9.17) is 9.26 Å². The van der Waals surface area contributed by atoms with Gasteiger partial charge >= 0.3 is 7.60 Å². The summed E-state index contributed by atoms with van der Waals surface area (Å²) < 4.78 is 25.0. The second-order valence-corrected chi connectivity index (χ2v) is 13.8. The van der Waals surface area contributed by atoms with Crippen LogP contribution in [0.2, 0.25) is 0 Å². The lowest BCUT2D eigenvalue weighted by Gasteiger charge is -2.24. The number of nitrogens with zero attached hydrogens (tertiary/aromatic N) is 1. The molecule has 0 saturated carbocycles. The average molecular weight is 541 g/mol. The third-order valence-corrected chi connectivity index (χ3v) is 8.37. The first-order chi connectivity index (χ1) is 17.7. The van der Waals surface area contributed by atoms with Gasteiger partial charge in [0.05, 0.1) is 53.2 Å². The first-order valence-corrected chi connectivity index (χ1v) is 16.9. The Labute approximate surface area is 229 Å². The Balaban J connectivity index is 2.24. The lowest BCUT2D eigenvalue weighted by atomic mass is 10.0. The topological polar surface area (TPSA) is 55.8 Å². The van der Waals surface area contributed by atoms with Crippen molar-refractivity contribution < 1.29 is 23.2 Å². The Morgan fingerprint density at radius 2 is 1.30 bits per heavy atom. The number of quaternary nitrogens is 1. The summed E-state index contributed by atoms with van der Waals surface area (Å²) in [5, 5.41) is 0. The monoisotopic (exact) mass is 540 g/mol. The Morgan fingerprint density at radius 1 is 0.784 bits per heavy atom. The minimum atomic E-state index is -3.59. The molecule has 1 aromatic rings. The number of hydrogen-bond acceptors (Lipinski definition) is 3. The highest BCUT2D eigenvalue weighted by molar-refractivity contribution is 7.52. The predicted octanol–water partition coefficient (Wildman–Crippen LogP) is 8.74. The van der Waals surface area contributed by atoms with Gasteiger partial charge in [0.1, 0.15) is 0 Å². The van der Waals surface area contributed by atoms with Crippen LogP contribution in [0.3, 0.4) is 0 Å². The van der Waals surface area contributed by atoms with Crippen LogP contribution in [0, 0.1) is 0 Å². The molecule has 0 radical (unpaired) electrons. The fourth-order valence-corrected chi connectivity index (χ4v) is 5.65. The highest BCUT2D eigenvalue weighted by atomic mass is 31.2. The zero-order valence-electron chi connectivity index (χ0n) is 24.7. The predicted molar refractivity (Wildman–Crippen MR) is 158 cm³/mol. The summed E-state index contributed by atoms with van der Waals surface area (Å²) in [6.45, 7) is 3.81. The third kappa shape index (κ3) is 21.9. The van der Waals surface area contributed by atoms with Crippen LogP contribution in [0.15, 0.2) is 30.3 Å². The fraction of sp³-hybridized carbons (Fsp3) is 0.806. The molecule has 0 saturated heterocycles. The molecule has 0 heterocycles. The van der Waals surface area contributed by atoms with E-state index in [-0.39, 0.29) is 18.9 Å². The van der Waals surface area contributed by atoms with E-state index in [9.17, 15) is 9.46 Å². The van der Waals surface area contributed by atoms with Crippen molar-refractivity contribution in [2.45, 2.75) is 122 Å². The molecule has 2 unspecified atom stereocenters. The smallest absolute Gasteiger partial charge is 0.328 e. The molecule has 0 aliphatic carbocycles. The summed E-state index contributed by atoms with van der Waals surface area (Å²) >= 11 is 0. The normalized spacial score (nSPS) is 14.5. The quantitative estimate of drug-likeness (QED) is 0.0765. The largest absolute Gasteiger partial charge is 0.371 e. The Morgan fingerprint density at radius 3 is 1.81 bits per heavy atom. The van der Waals surface area contributed by atoms with Gasteiger partial charge in [0, 0.05) is 6.42 Å². The van der Waals surface area contributed by atoms with Crippen molar-refractivity contribution in [2.75, 3.05) is 40.5 Å². The molecule has 5 nitrogen and oxygen atoms in total. The lowest BCUT2D eigenvalue weighted by Crippen LogP contribution is -2.35. The Kier molecular flexibility index (Phi) is 19.6. The molecule has 6 heteroatoms. The number of hydrogen-bond donors (Lipinski definition) is 1. The summed E-state index contributed by atoms with van der Waals surface area (Å²) in [5.41, 5.74) is 1.11. The van der Waals surface area contributed by atoms with E-state index >= 15 is 0 Å². The maximum Gasteiger partial charge on any atom is 0.328 e. The molecule has 1 aromatic carbocycles.